The van der Waals surface area contributed by atoms with E-state index in [0.29, 0.717) is 5.69 Å². The smallest absolute Gasteiger partial charge is 0.327 e. The molecular formula is C7H8N4O2. The minimum atomic E-state index is -0.544. The molecule has 1 unspecified atom stereocenters. The van der Waals surface area contributed by atoms with Crippen molar-refractivity contribution in [2.45, 2.75) is 13.0 Å². The van der Waals surface area contributed by atoms with Crippen molar-refractivity contribution in [3.63, 3.8) is 0 Å². The fourth-order valence-electron chi connectivity index (χ4n) is 1.16. The SMILES string of the molecule is CC1C=Nc2[nH]c(=O)[nH]c(=O)c2N1. The molecule has 6 heteroatoms. The lowest BCUT2D eigenvalue weighted by Crippen LogP contribution is -2.30. The summed E-state index contributed by atoms with van der Waals surface area (Å²) < 4.78 is 0. The van der Waals surface area contributed by atoms with E-state index in [1.807, 2.05) is 6.92 Å². The summed E-state index contributed by atoms with van der Waals surface area (Å²) >= 11 is 0. The van der Waals surface area contributed by atoms with E-state index in [0.717, 1.165) is 0 Å². The summed E-state index contributed by atoms with van der Waals surface area (Å²) in [5.74, 6) is 0.284. The third-order valence-electron chi connectivity index (χ3n) is 1.72. The van der Waals surface area contributed by atoms with E-state index in [9.17, 15) is 9.59 Å². The maximum atomic E-state index is 11.2. The molecule has 3 N–H and O–H groups in total. The molecule has 0 bridgehead atoms. The first-order valence-electron chi connectivity index (χ1n) is 3.84. The van der Waals surface area contributed by atoms with Crippen LogP contribution in [0.3, 0.4) is 0 Å². The Balaban J connectivity index is 2.70. The van der Waals surface area contributed by atoms with Gasteiger partial charge in [-0.25, -0.2) is 9.79 Å². The number of nitrogens with one attached hydrogen (secondary N) is 3. The van der Waals surface area contributed by atoms with Gasteiger partial charge in [-0.1, -0.05) is 0 Å². The summed E-state index contributed by atoms with van der Waals surface area (Å²) in [6.45, 7) is 1.86. The Morgan fingerprint density at radius 3 is 2.92 bits per heavy atom. The molecule has 1 atom stereocenters. The molecule has 0 radical (unpaired) electrons. The zero-order valence-corrected chi connectivity index (χ0v) is 6.92. The van der Waals surface area contributed by atoms with E-state index >= 15 is 0 Å². The van der Waals surface area contributed by atoms with Crippen LogP contribution in [-0.2, 0) is 0 Å². The summed E-state index contributed by atoms with van der Waals surface area (Å²) in [6, 6.07) is -0.000461. The normalized spacial score (nSPS) is 19.3. The number of fused-ring (bicyclic) bond motifs is 1. The van der Waals surface area contributed by atoms with E-state index in [1.54, 1.807) is 6.21 Å². The van der Waals surface area contributed by atoms with Crippen molar-refractivity contribution >= 4 is 17.7 Å². The summed E-state index contributed by atoms with van der Waals surface area (Å²) in [6.07, 6.45) is 1.62. The summed E-state index contributed by atoms with van der Waals surface area (Å²) in [5.41, 5.74) is -0.672. The zero-order valence-electron chi connectivity index (χ0n) is 6.92. The van der Waals surface area contributed by atoms with Crippen LogP contribution in [0.2, 0.25) is 0 Å². The van der Waals surface area contributed by atoms with Gasteiger partial charge in [0.15, 0.2) is 5.82 Å². The molecule has 1 aliphatic rings. The van der Waals surface area contributed by atoms with Crippen LogP contribution < -0.4 is 16.6 Å². The minimum absolute atomic E-state index is 0.000461. The van der Waals surface area contributed by atoms with Gasteiger partial charge in [-0.05, 0) is 6.92 Å². The molecule has 0 amide bonds. The van der Waals surface area contributed by atoms with Crippen molar-refractivity contribution in [3.05, 3.63) is 20.8 Å². The molecule has 1 aromatic rings. The average molecular weight is 180 g/mol. The molecule has 0 spiro atoms. The molecule has 0 saturated carbocycles. The molecule has 0 saturated heterocycles. The quantitative estimate of drug-likeness (QED) is 0.506. The molecule has 2 heterocycles. The Morgan fingerprint density at radius 2 is 2.15 bits per heavy atom. The highest BCUT2D eigenvalue weighted by Crippen LogP contribution is 2.18. The second kappa shape index (κ2) is 2.58. The minimum Gasteiger partial charge on any atom is -0.370 e. The van der Waals surface area contributed by atoms with Crippen molar-refractivity contribution < 1.29 is 0 Å². The molecule has 2 rings (SSSR count). The zero-order chi connectivity index (χ0) is 9.42. The molecule has 13 heavy (non-hydrogen) atoms. The van der Waals surface area contributed by atoms with E-state index in [-0.39, 0.29) is 11.9 Å². The standard InChI is InChI=1S/C7H8N4O2/c1-3-2-8-5-4(9-3)6(12)11-7(13)10-5/h2-3,9H,1H3,(H2,10,11,12,13). The first kappa shape index (κ1) is 7.78. The lowest BCUT2D eigenvalue weighted by Gasteiger charge is -2.15. The maximum Gasteiger partial charge on any atom is 0.327 e. The fraction of sp³-hybridized carbons (Fsp3) is 0.286. The van der Waals surface area contributed by atoms with Gasteiger partial charge in [0.2, 0.25) is 0 Å². The molecule has 0 fully saturated rings. The second-order valence-electron chi connectivity index (χ2n) is 2.84. The number of hydrogen-bond acceptors (Lipinski definition) is 4. The number of aromatic nitrogens is 2. The van der Waals surface area contributed by atoms with Gasteiger partial charge in [0.1, 0.15) is 5.69 Å². The van der Waals surface area contributed by atoms with Gasteiger partial charge in [-0.15, -0.1) is 0 Å². The average Bonchev–Trinajstić information content (AvgIpc) is 2.06. The van der Waals surface area contributed by atoms with Crippen LogP contribution in [0.1, 0.15) is 6.92 Å². The summed E-state index contributed by atoms with van der Waals surface area (Å²) in [7, 11) is 0. The first-order valence-corrected chi connectivity index (χ1v) is 3.84. The topological polar surface area (TPSA) is 90.1 Å². The highest BCUT2D eigenvalue weighted by Gasteiger charge is 2.14. The van der Waals surface area contributed by atoms with Crippen LogP contribution in [0.25, 0.3) is 0 Å². The van der Waals surface area contributed by atoms with Crippen LogP contribution >= 0.6 is 0 Å². The van der Waals surface area contributed by atoms with Crippen molar-refractivity contribution in [2.75, 3.05) is 5.32 Å². The van der Waals surface area contributed by atoms with Gasteiger partial charge in [-0.3, -0.25) is 14.8 Å². The molecule has 68 valence electrons. The van der Waals surface area contributed by atoms with Crippen LogP contribution in [0.15, 0.2) is 14.6 Å². The molecule has 1 aromatic heterocycles. The van der Waals surface area contributed by atoms with Crippen LogP contribution in [0.4, 0.5) is 11.5 Å². The van der Waals surface area contributed by atoms with Gasteiger partial charge in [0.25, 0.3) is 5.56 Å². The Hall–Kier alpha value is -1.85. The Bertz CT molecular complexity index is 470. The Labute approximate surface area is 72.7 Å². The fourth-order valence-corrected chi connectivity index (χ4v) is 1.16. The number of hydrogen-bond donors (Lipinski definition) is 3. The van der Waals surface area contributed by atoms with Gasteiger partial charge in [0, 0.05) is 6.21 Å². The molecular weight excluding hydrogens is 172 g/mol. The predicted octanol–water partition coefficient (Wildman–Crippen LogP) is -0.421. The Kier molecular flexibility index (Phi) is 1.54. The number of aliphatic imine (C=N–C) groups is 1. The molecule has 6 nitrogen and oxygen atoms in total. The first-order chi connectivity index (χ1) is 6.16. The Morgan fingerprint density at radius 1 is 1.38 bits per heavy atom. The van der Waals surface area contributed by atoms with Gasteiger partial charge >= 0.3 is 5.69 Å². The lowest BCUT2D eigenvalue weighted by molar-refractivity contribution is 0.972. The highest BCUT2D eigenvalue weighted by molar-refractivity contribution is 5.80. The van der Waals surface area contributed by atoms with E-state index < -0.39 is 11.2 Å². The predicted molar refractivity (Wildman–Crippen MR) is 48.9 cm³/mol. The lowest BCUT2D eigenvalue weighted by atomic mass is 10.3. The number of H-pyrrole nitrogens is 2. The van der Waals surface area contributed by atoms with Gasteiger partial charge < -0.3 is 5.32 Å². The van der Waals surface area contributed by atoms with Crippen molar-refractivity contribution in [1.29, 1.82) is 0 Å². The third kappa shape index (κ3) is 1.26. The monoisotopic (exact) mass is 180 g/mol. The van der Waals surface area contributed by atoms with Crippen LogP contribution in [0, 0.1) is 0 Å². The largest absolute Gasteiger partial charge is 0.370 e. The number of aromatic amines is 2. The van der Waals surface area contributed by atoms with Gasteiger partial charge in [-0.2, -0.15) is 0 Å². The maximum absolute atomic E-state index is 11.2. The van der Waals surface area contributed by atoms with E-state index in [2.05, 4.69) is 20.3 Å². The number of rotatable bonds is 0. The van der Waals surface area contributed by atoms with E-state index in [1.165, 1.54) is 0 Å². The summed E-state index contributed by atoms with van der Waals surface area (Å²) in [4.78, 5) is 30.5. The number of nitrogens with zero attached hydrogens (tertiary/aromatic N) is 1. The van der Waals surface area contributed by atoms with Gasteiger partial charge in [0.05, 0.1) is 6.04 Å². The molecule has 0 aromatic carbocycles. The number of anilines is 1. The van der Waals surface area contributed by atoms with Crippen LogP contribution in [0.5, 0.6) is 0 Å². The highest BCUT2D eigenvalue weighted by atomic mass is 16.2. The van der Waals surface area contributed by atoms with Crippen molar-refractivity contribution in [3.8, 4) is 0 Å². The van der Waals surface area contributed by atoms with Crippen LogP contribution in [-0.4, -0.2) is 22.2 Å². The van der Waals surface area contributed by atoms with Crippen molar-refractivity contribution in [2.24, 2.45) is 4.99 Å². The second-order valence-corrected chi connectivity index (χ2v) is 2.84. The third-order valence-corrected chi connectivity index (χ3v) is 1.72. The van der Waals surface area contributed by atoms with Crippen molar-refractivity contribution in [1.82, 2.24) is 9.97 Å². The summed E-state index contributed by atoms with van der Waals surface area (Å²) in [5, 5.41) is 2.89. The molecule has 1 aliphatic heterocycles. The van der Waals surface area contributed by atoms with E-state index in [4.69, 9.17) is 0 Å². The molecule has 0 aliphatic carbocycles.